The highest BCUT2D eigenvalue weighted by Gasteiger charge is 2.32. The van der Waals surface area contributed by atoms with Gasteiger partial charge >= 0.3 is 5.97 Å². The fraction of sp³-hybridized carbons (Fsp3) is 0.462. The highest BCUT2D eigenvalue weighted by atomic mass is 35.5. The third-order valence-corrected chi connectivity index (χ3v) is 3.95. The molecule has 1 aliphatic carbocycles. The summed E-state index contributed by atoms with van der Waals surface area (Å²) in [6.45, 7) is 0. The molecule has 0 aromatic heterocycles. The fourth-order valence-electron chi connectivity index (χ4n) is 2.60. The van der Waals surface area contributed by atoms with Crippen LogP contribution in [0.25, 0.3) is 0 Å². The number of anilines is 1. The number of carboxylic acids is 1. The summed E-state index contributed by atoms with van der Waals surface area (Å²) in [6.07, 6.45) is 2.69. The van der Waals surface area contributed by atoms with Gasteiger partial charge in [-0.2, -0.15) is 0 Å². The Morgan fingerprint density at radius 3 is 2.71 bits per heavy atom. The van der Waals surface area contributed by atoms with Gasteiger partial charge in [-0.15, -0.1) is 0 Å². The zero-order valence-electron chi connectivity index (χ0n) is 11.0. The Labute approximate surface area is 125 Å². The zero-order chi connectivity index (χ0) is 15.6. The number of hydrogen-bond donors (Lipinski definition) is 2. The molecule has 8 heteroatoms. The minimum atomic E-state index is -0.954. The standard InChI is InChI=1S/C13H14ClFN2O4/c14-8-5-12(17(20)21)11(6-9(8)15)16-10-4-2-1-3-7(10)13(18)19/h5-7,10,16H,1-4H2,(H,18,19). The predicted octanol–water partition coefficient (Wildman–Crippen LogP) is 3.44. The van der Waals surface area contributed by atoms with Crippen molar-refractivity contribution in [2.75, 3.05) is 5.32 Å². The monoisotopic (exact) mass is 316 g/mol. The lowest BCUT2D eigenvalue weighted by Gasteiger charge is -2.29. The molecule has 2 unspecified atom stereocenters. The molecular weight excluding hydrogens is 303 g/mol. The van der Waals surface area contributed by atoms with E-state index in [1.807, 2.05) is 0 Å². The van der Waals surface area contributed by atoms with E-state index in [0.29, 0.717) is 12.8 Å². The third kappa shape index (κ3) is 3.41. The van der Waals surface area contributed by atoms with Gasteiger partial charge in [-0.05, 0) is 12.8 Å². The second-order valence-corrected chi connectivity index (χ2v) is 5.43. The lowest BCUT2D eigenvalue weighted by atomic mass is 9.84. The van der Waals surface area contributed by atoms with Gasteiger partial charge in [0.1, 0.15) is 11.5 Å². The summed E-state index contributed by atoms with van der Waals surface area (Å²) in [6, 6.07) is 1.40. The van der Waals surface area contributed by atoms with Crippen molar-refractivity contribution in [1.82, 2.24) is 0 Å². The van der Waals surface area contributed by atoms with Gasteiger partial charge in [-0.1, -0.05) is 24.4 Å². The summed E-state index contributed by atoms with van der Waals surface area (Å²) < 4.78 is 13.5. The Morgan fingerprint density at radius 1 is 1.43 bits per heavy atom. The van der Waals surface area contributed by atoms with Crippen LogP contribution in [-0.4, -0.2) is 22.0 Å². The molecular formula is C13H14ClFN2O4. The Kier molecular flexibility index (Phi) is 4.62. The van der Waals surface area contributed by atoms with E-state index in [0.717, 1.165) is 25.0 Å². The molecule has 1 fully saturated rings. The van der Waals surface area contributed by atoms with Gasteiger partial charge in [0.15, 0.2) is 0 Å². The van der Waals surface area contributed by atoms with Gasteiger partial charge < -0.3 is 10.4 Å². The molecule has 0 bridgehead atoms. The Hall–Kier alpha value is -1.89. The largest absolute Gasteiger partial charge is 0.481 e. The van der Waals surface area contributed by atoms with Crippen LogP contribution in [0, 0.1) is 21.8 Å². The molecule has 2 atom stereocenters. The molecule has 0 aliphatic heterocycles. The molecule has 0 spiro atoms. The quantitative estimate of drug-likeness (QED) is 0.655. The van der Waals surface area contributed by atoms with Gasteiger partial charge in [0, 0.05) is 18.2 Å². The van der Waals surface area contributed by atoms with Gasteiger partial charge in [0.25, 0.3) is 5.69 Å². The molecule has 2 N–H and O–H groups in total. The molecule has 6 nitrogen and oxygen atoms in total. The van der Waals surface area contributed by atoms with E-state index in [2.05, 4.69) is 5.32 Å². The number of aliphatic carboxylic acids is 1. The van der Waals surface area contributed by atoms with Crippen molar-refractivity contribution in [2.45, 2.75) is 31.7 Å². The minimum absolute atomic E-state index is 0.0416. The van der Waals surface area contributed by atoms with Crippen molar-refractivity contribution in [1.29, 1.82) is 0 Å². The number of hydrogen-bond acceptors (Lipinski definition) is 4. The first kappa shape index (κ1) is 15.5. The average Bonchev–Trinajstić information content (AvgIpc) is 2.42. The van der Waals surface area contributed by atoms with Gasteiger partial charge in [0.2, 0.25) is 0 Å². The van der Waals surface area contributed by atoms with Crippen molar-refractivity contribution < 1.29 is 19.2 Å². The molecule has 1 aliphatic rings. The summed E-state index contributed by atoms with van der Waals surface area (Å²) in [5, 5.41) is 22.7. The minimum Gasteiger partial charge on any atom is -0.481 e. The predicted molar refractivity (Wildman–Crippen MR) is 75.1 cm³/mol. The number of rotatable bonds is 4. The van der Waals surface area contributed by atoms with Crippen LogP contribution in [0.15, 0.2) is 12.1 Å². The SMILES string of the molecule is O=C(O)C1CCCCC1Nc1cc(F)c(Cl)cc1[N+](=O)[O-]. The maximum absolute atomic E-state index is 13.5. The van der Waals surface area contributed by atoms with Crippen molar-refractivity contribution >= 4 is 28.9 Å². The number of halogens is 2. The number of carboxylic acid groups (broad SMARTS) is 1. The Morgan fingerprint density at radius 2 is 2.10 bits per heavy atom. The highest BCUT2D eigenvalue weighted by molar-refractivity contribution is 6.31. The van der Waals surface area contributed by atoms with E-state index < -0.39 is 28.7 Å². The van der Waals surface area contributed by atoms with E-state index >= 15 is 0 Å². The molecule has 114 valence electrons. The van der Waals surface area contributed by atoms with Crippen LogP contribution in [-0.2, 0) is 4.79 Å². The van der Waals surface area contributed by atoms with Crippen LogP contribution in [0.5, 0.6) is 0 Å². The van der Waals surface area contributed by atoms with Gasteiger partial charge in [-0.25, -0.2) is 4.39 Å². The molecule has 0 saturated heterocycles. The Balaban J connectivity index is 2.31. The highest BCUT2D eigenvalue weighted by Crippen LogP contribution is 2.34. The molecule has 0 radical (unpaired) electrons. The maximum atomic E-state index is 13.5. The second-order valence-electron chi connectivity index (χ2n) is 5.02. The fourth-order valence-corrected chi connectivity index (χ4v) is 2.76. The summed E-state index contributed by atoms with van der Waals surface area (Å²) in [4.78, 5) is 21.6. The summed E-state index contributed by atoms with van der Waals surface area (Å²) >= 11 is 5.55. The average molecular weight is 317 g/mol. The number of nitrogens with zero attached hydrogens (tertiary/aromatic N) is 1. The van der Waals surface area contributed by atoms with Crippen molar-refractivity contribution in [3.8, 4) is 0 Å². The van der Waals surface area contributed by atoms with E-state index in [1.54, 1.807) is 0 Å². The first-order valence-corrected chi connectivity index (χ1v) is 6.90. The van der Waals surface area contributed by atoms with Gasteiger partial charge in [-0.3, -0.25) is 14.9 Å². The van der Waals surface area contributed by atoms with Crippen LogP contribution in [0.1, 0.15) is 25.7 Å². The summed E-state index contributed by atoms with van der Waals surface area (Å²) in [5.41, 5.74) is -0.406. The van der Waals surface area contributed by atoms with Crippen LogP contribution in [0.4, 0.5) is 15.8 Å². The topological polar surface area (TPSA) is 92.5 Å². The second kappa shape index (κ2) is 6.26. The molecule has 21 heavy (non-hydrogen) atoms. The molecule has 2 rings (SSSR count). The number of benzene rings is 1. The van der Waals surface area contributed by atoms with Crippen molar-refractivity contribution in [2.24, 2.45) is 5.92 Å². The number of nitrogens with one attached hydrogen (secondary N) is 1. The van der Waals surface area contributed by atoms with Crippen molar-refractivity contribution in [3.63, 3.8) is 0 Å². The molecule has 0 heterocycles. The lowest BCUT2D eigenvalue weighted by Crippen LogP contribution is -2.37. The van der Waals surface area contributed by atoms with E-state index in [4.69, 9.17) is 11.6 Å². The van der Waals surface area contributed by atoms with E-state index in [9.17, 15) is 24.4 Å². The molecule has 1 aromatic rings. The maximum Gasteiger partial charge on any atom is 0.308 e. The summed E-state index contributed by atoms with van der Waals surface area (Å²) in [7, 11) is 0. The van der Waals surface area contributed by atoms with Crippen LogP contribution in [0.2, 0.25) is 5.02 Å². The smallest absolute Gasteiger partial charge is 0.308 e. The molecule has 1 aromatic carbocycles. The number of nitro groups is 1. The number of carbonyl (C=O) groups is 1. The zero-order valence-corrected chi connectivity index (χ0v) is 11.8. The normalized spacial score (nSPS) is 21.8. The third-order valence-electron chi connectivity index (χ3n) is 3.66. The van der Waals surface area contributed by atoms with Crippen LogP contribution >= 0.6 is 11.6 Å². The molecule has 0 amide bonds. The van der Waals surface area contributed by atoms with Crippen LogP contribution < -0.4 is 5.32 Å². The lowest BCUT2D eigenvalue weighted by molar-refractivity contribution is -0.384. The van der Waals surface area contributed by atoms with Gasteiger partial charge in [0.05, 0.1) is 15.9 Å². The Bertz CT molecular complexity index is 582. The summed E-state index contributed by atoms with van der Waals surface area (Å²) in [5.74, 6) is -2.38. The van der Waals surface area contributed by atoms with E-state index in [1.165, 1.54) is 0 Å². The van der Waals surface area contributed by atoms with Crippen molar-refractivity contribution in [3.05, 3.63) is 33.1 Å². The number of nitro benzene ring substituents is 1. The first-order valence-electron chi connectivity index (χ1n) is 6.53. The first-order chi connectivity index (χ1) is 9.90. The van der Waals surface area contributed by atoms with Crippen LogP contribution in [0.3, 0.4) is 0 Å². The molecule has 1 saturated carbocycles. The van der Waals surface area contributed by atoms with E-state index in [-0.39, 0.29) is 16.4 Å².